The molecule has 0 bridgehead atoms. The Morgan fingerprint density at radius 1 is 1.27 bits per heavy atom. The molecule has 0 saturated carbocycles. The van der Waals surface area contributed by atoms with Gasteiger partial charge in [-0.05, 0) is 36.8 Å². The van der Waals surface area contributed by atoms with Gasteiger partial charge in [0, 0.05) is 16.3 Å². The van der Waals surface area contributed by atoms with E-state index in [2.05, 4.69) is 23.1 Å². The topological polar surface area (TPSA) is 25.8 Å². The summed E-state index contributed by atoms with van der Waals surface area (Å²) in [5.41, 5.74) is 1.96. The molecule has 1 radical (unpaired) electrons. The third kappa shape index (κ3) is 2.34. The van der Waals surface area contributed by atoms with Crippen molar-refractivity contribution >= 4 is 11.6 Å². The van der Waals surface area contributed by atoms with Crippen LogP contribution < -0.4 is 0 Å². The fourth-order valence-electron chi connectivity index (χ4n) is 1.27. The highest BCUT2D eigenvalue weighted by atomic mass is 35.5. The van der Waals surface area contributed by atoms with E-state index in [1.54, 1.807) is 6.07 Å². The van der Waals surface area contributed by atoms with Crippen molar-refractivity contribution in [3.63, 3.8) is 0 Å². The molecule has 0 aliphatic heterocycles. The second kappa shape index (κ2) is 4.41. The van der Waals surface area contributed by atoms with Crippen LogP contribution in [0.15, 0.2) is 30.3 Å². The Morgan fingerprint density at radius 2 is 2.00 bits per heavy atom. The lowest BCUT2D eigenvalue weighted by Gasteiger charge is -2.01. The lowest BCUT2D eigenvalue weighted by molar-refractivity contribution is 1.00. The number of halogens is 1. The molecular formula is C12H10ClN2. The summed E-state index contributed by atoms with van der Waals surface area (Å²) in [7, 11) is 0. The zero-order valence-electron chi connectivity index (χ0n) is 8.37. The molecular weight excluding hydrogens is 208 g/mol. The normalized spacial score (nSPS) is 10.3. The van der Waals surface area contributed by atoms with E-state index < -0.39 is 0 Å². The predicted molar refractivity (Wildman–Crippen MR) is 60.7 cm³/mol. The van der Waals surface area contributed by atoms with Crippen molar-refractivity contribution in [3.8, 4) is 11.4 Å². The van der Waals surface area contributed by atoms with E-state index in [0.29, 0.717) is 5.82 Å². The first-order chi connectivity index (χ1) is 7.29. The van der Waals surface area contributed by atoms with Crippen LogP contribution in [0.4, 0.5) is 0 Å². The van der Waals surface area contributed by atoms with E-state index >= 15 is 0 Å². The second-order valence-corrected chi connectivity index (χ2v) is 3.61. The van der Waals surface area contributed by atoms with E-state index in [1.165, 1.54) is 0 Å². The first kappa shape index (κ1) is 10.1. The Kier molecular flexibility index (Phi) is 2.97. The number of nitrogens with zero attached hydrogens (tertiary/aromatic N) is 2. The number of hydrogen-bond acceptors (Lipinski definition) is 2. The Labute approximate surface area is 94.0 Å². The molecule has 0 spiro atoms. The third-order valence-electron chi connectivity index (χ3n) is 2.12. The summed E-state index contributed by atoms with van der Waals surface area (Å²) < 4.78 is 0. The Hall–Kier alpha value is -1.41. The molecule has 3 heteroatoms. The molecule has 2 nitrogen and oxygen atoms in total. The van der Waals surface area contributed by atoms with Crippen molar-refractivity contribution in [3.05, 3.63) is 47.2 Å². The van der Waals surface area contributed by atoms with Gasteiger partial charge >= 0.3 is 0 Å². The Morgan fingerprint density at radius 3 is 2.67 bits per heavy atom. The summed E-state index contributed by atoms with van der Waals surface area (Å²) in [6, 6.07) is 9.28. The fourth-order valence-corrected chi connectivity index (χ4v) is 1.40. The number of hydrogen-bond donors (Lipinski definition) is 0. The molecule has 1 aromatic carbocycles. The van der Waals surface area contributed by atoms with Gasteiger partial charge in [0.2, 0.25) is 0 Å². The smallest absolute Gasteiger partial charge is 0.160 e. The van der Waals surface area contributed by atoms with Crippen molar-refractivity contribution in [2.24, 2.45) is 0 Å². The molecule has 0 aliphatic carbocycles. The van der Waals surface area contributed by atoms with Crippen molar-refractivity contribution in [2.45, 2.75) is 13.3 Å². The molecule has 75 valence electrons. The molecule has 0 unspecified atom stereocenters. The summed E-state index contributed by atoms with van der Waals surface area (Å²) in [5.74, 6) is 0.700. The maximum Gasteiger partial charge on any atom is 0.160 e. The van der Waals surface area contributed by atoms with Crippen LogP contribution in [0.1, 0.15) is 12.6 Å². The molecule has 1 heterocycles. The fraction of sp³-hybridized carbons (Fsp3) is 0.167. The van der Waals surface area contributed by atoms with Crippen molar-refractivity contribution in [2.75, 3.05) is 0 Å². The van der Waals surface area contributed by atoms with E-state index in [-0.39, 0.29) is 0 Å². The summed E-state index contributed by atoms with van der Waals surface area (Å²) in [4.78, 5) is 8.51. The van der Waals surface area contributed by atoms with Crippen LogP contribution in [0, 0.1) is 6.20 Å². The van der Waals surface area contributed by atoms with Crippen LogP contribution in [-0.2, 0) is 6.42 Å². The van der Waals surface area contributed by atoms with Crippen molar-refractivity contribution in [1.29, 1.82) is 0 Å². The van der Waals surface area contributed by atoms with Crippen LogP contribution in [0.25, 0.3) is 11.4 Å². The van der Waals surface area contributed by atoms with Gasteiger partial charge < -0.3 is 0 Å². The molecule has 0 aliphatic rings. The standard InChI is InChI=1S/C12H10ClN2/c1-2-11-7-8-14-12(15-11)9-3-5-10(13)6-4-9/h3-7H,2H2,1H3. The minimum atomic E-state index is 0.700. The van der Waals surface area contributed by atoms with Crippen LogP contribution in [-0.4, -0.2) is 9.97 Å². The highest BCUT2D eigenvalue weighted by Gasteiger charge is 2.01. The zero-order chi connectivity index (χ0) is 10.7. The summed E-state index contributed by atoms with van der Waals surface area (Å²) in [6.07, 6.45) is 3.74. The molecule has 0 amide bonds. The van der Waals surface area contributed by atoms with Crippen LogP contribution in [0.5, 0.6) is 0 Å². The van der Waals surface area contributed by atoms with Gasteiger partial charge in [-0.15, -0.1) is 0 Å². The number of aryl methyl sites for hydroxylation is 1. The monoisotopic (exact) mass is 217 g/mol. The second-order valence-electron chi connectivity index (χ2n) is 3.17. The third-order valence-corrected chi connectivity index (χ3v) is 2.37. The molecule has 2 aromatic rings. The Balaban J connectivity index is 2.40. The minimum absolute atomic E-state index is 0.700. The van der Waals surface area contributed by atoms with Crippen LogP contribution in [0.2, 0.25) is 5.02 Å². The maximum absolute atomic E-state index is 5.81. The molecule has 0 atom stereocenters. The molecule has 1 aromatic heterocycles. The largest absolute Gasteiger partial charge is 0.233 e. The van der Waals surface area contributed by atoms with E-state index in [1.807, 2.05) is 24.3 Å². The van der Waals surface area contributed by atoms with Gasteiger partial charge in [-0.1, -0.05) is 18.5 Å². The van der Waals surface area contributed by atoms with Gasteiger partial charge in [0.05, 0.1) is 6.20 Å². The summed E-state index contributed by atoms with van der Waals surface area (Å²) in [6.45, 7) is 2.06. The maximum atomic E-state index is 5.81. The van der Waals surface area contributed by atoms with Gasteiger partial charge in [-0.2, -0.15) is 0 Å². The lowest BCUT2D eigenvalue weighted by atomic mass is 10.2. The van der Waals surface area contributed by atoms with Crippen molar-refractivity contribution in [1.82, 2.24) is 9.97 Å². The molecule has 0 saturated heterocycles. The zero-order valence-corrected chi connectivity index (χ0v) is 9.12. The quantitative estimate of drug-likeness (QED) is 0.772. The van der Waals surface area contributed by atoms with Gasteiger partial charge in [-0.25, -0.2) is 9.97 Å². The number of benzene rings is 1. The highest BCUT2D eigenvalue weighted by molar-refractivity contribution is 6.30. The molecule has 2 rings (SSSR count). The van der Waals surface area contributed by atoms with E-state index in [9.17, 15) is 0 Å². The SMILES string of the molecule is CCc1c[c]nc(-c2ccc(Cl)cc2)n1. The average molecular weight is 218 g/mol. The Bertz CT molecular complexity index is 451. The highest BCUT2D eigenvalue weighted by Crippen LogP contribution is 2.17. The molecule has 0 N–H and O–H groups in total. The van der Waals surface area contributed by atoms with Gasteiger partial charge in [0.15, 0.2) is 5.82 Å². The molecule has 15 heavy (non-hydrogen) atoms. The van der Waals surface area contributed by atoms with Crippen molar-refractivity contribution < 1.29 is 0 Å². The predicted octanol–water partition coefficient (Wildman–Crippen LogP) is 3.16. The number of aromatic nitrogens is 2. The first-order valence-corrected chi connectivity index (χ1v) is 5.17. The average Bonchev–Trinajstić information content (AvgIpc) is 2.30. The van der Waals surface area contributed by atoms with Gasteiger partial charge in [0.1, 0.15) is 0 Å². The minimum Gasteiger partial charge on any atom is -0.233 e. The van der Waals surface area contributed by atoms with E-state index in [4.69, 9.17) is 11.6 Å². The number of rotatable bonds is 2. The van der Waals surface area contributed by atoms with E-state index in [0.717, 1.165) is 22.7 Å². The summed E-state index contributed by atoms with van der Waals surface area (Å²) >= 11 is 5.81. The van der Waals surface area contributed by atoms with Gasteiger partial charge in [-0.3, -0.25) is 0 Å². The summed E-state index contributed by atoms with van der Waals surface area (Å²) in [5, 5.41) is 0.717. The first-order valence-electron chi connectivity index (χ1n) is 4.79. The van der Waals surface area contributed by atoms with Crippen LogP contribution >= 0.6 is 11.6 Å². The van der Waals surface area contributed by atoms with Gasteiger partial charge in [0.25, 0.3) is 0 Å². The molecule has 0 fully saturated rings. The van der Waals surface area contributed by atoms with Crippen LogP contribution in [0.3, 0.4) is 0 Å². The lowest BCUT2D eigenvalue weighted by Crippen LogP contribution is -1.93.